The van der Waals surface area contributed by atoms with Gasteiger partial charge in [-0.1, -0.05) is 0 Å². The van der Waals surface area contributed by atoms with Gasteiger partial charge in [-0.3, -0.25) is 4.79 Å². The van der Waals surface area contributed by atoms with Crippen LogP contribution in [0.2, 0.25) is 0 Å². The van der Waals surface area contributed by atoms with Gasteiger partial charge in [-0.15, -0.1) is 5.10 Å². The highest BCUT2D eigenvalue weighted by atomic mass is 19.4. The van der Waals surface area contributed by atoms with Crippen LogP contribution < -0.4 is 4.90 Å². The first-order chi connectivity index (χ1) is 15.7. The first-order valence-corrected chi connectivity index (χ1v) is 10.5. The number of carbonyl (C=O) groups is 1. The summed E-state index contributed by atoms with van der Waals surface area (Å²) < 4.78 is 45.6. The summed E-state index contributed by atoms with van der Waals surface area (Å²) in [4.78, 5) is 25.0. The summed E-state index contributed by atoms with van der Waals surface area (Å²) in [5, 5.41) is 14.7. The molecule has 1 amide bonds. The second kappa shape index (κ2) is 7.87. The number of carbonyl (C=O) groups excluding carboxylic acids is 1. The molecule has 5 rings (SSSR count). The van der Waals surface area contributed by atoms with Crippen LogP contribution in [0.3, 0.4) is 0 Å². The Balaban J connectivity index is 1.36. The molecule has 174 valence electrons. The number of alkyl halides is 3. The molecule has 2 aromatic heterocycles. The Morgan fingerprint density at radius 2 is 1.88 bits per heavy atom. The van der Waals surface area contributed by atoms with Crippen molar-refractivity contribution in [2.24, 2.45) is 5.92 Å². The van der Waals surface area contributed by atoms with E-state index in [0.717, 1.165) is 6.07 Å². The maximum absolute atomic E-state index is 13.0. The number of anilines is 1. The second-order valence-electron chi connectivity index (χ2n) is 8.20. The predicted molar refractivity (Wildman–Crippen MR) is 111 cm³/mol. The highest BCUT2D eigenvalue weighted by molar-refractivity contribution is 5.80. The smallest absolute Gasteiger partial charge is 0.416 e. The lowest BCUT2D eigenvalue weighted by atomic mass is 10.0. The summed E-state index contributed by atoms with van der Waals surface area (Å²) in [5.41, 5.74) is -0.170. The number of hydrogen-bond acceptors (Lipinski definition) is 7. The van der Waals surface area contributed by atoms with Gasteiger partial charge in [0.05, 0.1) is 30.4 Å². The van der Waals surface area contributed by atoms with Crippen LogP contribution in [0.25, 0.3) is 17.0 Å². The largest absolute Gasteiger partial charge is 0.507 e. The van der Waals surface area contributed by atoms with Crippen LogP contribution in [0.1, 0.15) is 11.1 Å². The molecular weight excluding hydrogens is 441 g/mol. The van der Waals surface area contributed by atoms with Crippen molar-refractivity contribution >= 4 is 17.6 Å². The van der Waals surface area contributed by atoms with Crippen LogP contribution in [0.4, 0.5) is 19.1 Å². The minimum Gasteiger partial charge on any atom is -0.507 e. The lowest BCUT2D eigenvalue weighted by Crippen LogP contribution is -2.53. The lowest BCUT2D eigenvalue weighted by molar-refractivity contribution is -0.150. The number of nitrogens with zero attached hydrogens (tertiary/aromatic N) is 6. The molecule has 1 N–H and O–H groups in total. The summed E-state index contributed by atoms with van der Waals surface area (Å²) in [6.45, 7) is 4.71. The number of piperazine rings is 1. The van der Waals surface area contributed by atoms with Gasteiger partial charge in [0.2, 0.25) is 11.9 Å². The predicted octanol–water partition coefficient (Wildman–Crippen LogP) is 2.12. The monoisotopic (exact) mass is 462 g/mol. The average molecular weight is 462 g/mol. The zero-order valence-electron chi connectivity index (χ0n) is 17.7. The van der Waals surface area contributed by atoms with Crippen LogP contribution >= 0.6 is 0 Å². The highest BCUT2D eigenvalue weighted by Crippen LogP contribution is 2.38. The van der Waals surface area contributed by atoms with Gasteiger partial charge < -0.3 is 19.6 Å². The Morgan fingerprint density at radius 3 is 2.48 bits per heavy atom. The number of aromatic nitrogens is 4. The van der Waals surface area contributed by atoms with Gasteiger partial charge in [0.1, 0.15) is 5.75 Å². The standard InChI is InChI=1S/C21H21F3N6O3/c1-12-8-14(21(22,23)24)9-16(31)17(12)15-2-3-30-19(25-15)26-20(27-30)29-6-4-28(5-7-29)18(32)13-10-33-11-13/h2-3,8-9,13,31H,4-7,10-11H2,1H3. The first-order valence-electron chi connectivity index (χ1n) is 10.5. The van der Waals surface area contributed by atoms with Crippen LogP contribution in [0.15, 0.2) is 24.4 Å². The molecule has 0 unspecified atom stereocenters. The molecule has 0 bridgehead atoms. The SMILES string of the molecule is Cc1cc(C(F)(F)F)cc(O)c1-c1ccn2nc(N3CCN(C(=O)C4COC4)CC3)nc2n1. The lowest BCUT2D eigenvalue weighted by Gasteiger charge is -2.37. The maximum Gasteiger partial charge on any atom is 0.416 e. The van der Waals surface area contributed by atoms with Crippen molar-refractivity contribution in [3.8, 4) is 17.0 Å². The molecule has 4 heterocycles. The maximum atomic E-state index is 13.0. The number of fused-ring (bicyclic) bond motifs is 1. The number of phenols is 1. The van der Waals surface area contributed by atoms with Gasteiger partial charge >= 0.3 is 6.18 Å². The van der Waals surface area contributed by atoms with E-state index < -0.39 is 17.5 Å². The van der Waals surface area contributed by atoms with E-state index in [9.17, 15) is 23.1 Å². The molecule has 2 saturated heterocycles. The van der Waals surface area contributed by atoms with E-state index in [1.165, 1.54) is 11.4 Å². The third kappa shape index (κ3) is 3.94. The van der Waals surface area contributed by atoms with Gasteiger partial charge in [-0.2, -0.15) is 18.2 Å². The summed E-state index contributed by atoms with van der Waals surface area (Å²) >= 11 is 0. The molecule has 1 aromatic carbocycles. The normalized spacial score (nSPS) is 17.5. The zero-order valence-corrected chi connectivity index (χ0v) is 17.7. The number of amides is 1. The van der Waals surface area contributed by atoms with Gasteiger partial charge in [0.25, 0.3) is 5.78 Å². The fourth-order valence-corrected chi connectivity index (χ4v) is 4.07. The molecule has 9 nitrogen and oxygen atoms in total. The van der Waals surface area contributed by atoms with Gasteiger partial charge in [-0.25, -0.2) is 9.50 Å². The number of halogens is 3. The molecule has 3 aromatic rings. The zero-order chi connectivity index (χ0) is 23.3. The van der Waals surface area contributed by atoms with Crippen molar-refractivity contribution in [2.75, 3.05) is 44.3 Å². The van der Waals surface area contributed by atoms with Gasteiger partial charge in [-0.05, 0) is 30.7 Å². The molecule has 2 aliphatic rings. The summed E-state index contributed by atoms with van der Waals surface area (Å²) in [5.74, 6) is 0.273. The van der Waals surface area contributed by atoms with E-state index in [1.54, 1.807) is 12.3 Å². The summed E-state index contributed by atoms with van der Waals surface area (Å²) in [6.07, 6.45) is -2.96. The van der Waals surface area contributed by atoms with Crippen molar-refractivity contribution in [3.63, 3.8) is 0 Å². The topological polar surface area (TPSA) is 96.1 Å². The molecule has 2 aliphatic heterocycles. The molecular formula is C21H21F3N6O3. The van der Waals surface area contributed by atoms with Crippen molar-refractivity contribution in [1.29, 1.82) is 0 Å². The van der Waals surface area contributed by atoms with E-state index in [1.807, 2.05) is 9.80 Å². The highest BCUT2D eigenvalue weighted by Gasteiger charge is 2.33. The Kier molecular flexibility index (Phi) is 5.11. The number of aromatic hydroxyl groups is 1. The van der Waals surface area contributed by atoms with Crippen molar-refractivity contribution in [3.05, 3.63) is 35.5 Å². The van der Waals surface area contributed by atoms with Crippen molar-refractivity contribution in [1.82, 2.24) is 24.5 Å². The average Bonchev–Trinajstić information content (AvgIpc) is 3.15. The first kappa shape index (κ1) is 21.4. The molecule has 12 heteroatoms. The summed E-state index contributed by atoms with van der Waals surface area (Å²) in [6, 6.07) is 3.24. The Labute approximate surface area is 186 Å². The Bertz CT molecular complexity index is 1190. The minimum atomic E-state index is -4.56. The van der Waals surface area contributed by atoms with E-state index >= 15 is 0 Å². The second-order valence-corrected chi connectivity index (χ2v) is 8.20. The van der Waals surface area contributed by atoms with Crippen molar-refractivity contribution < 1.29 is 27.8 Å². The van der Waals surface area contributed by atoms with E-state index in [0.29, 0.717) is 57.1 Å². The fraction of sp³-hybridized carbons (Fsp3) is 0.429. The van der Waals surface area contributed by atoms with E-state index in [-0.39, 0.29) is 28.7 Å². The molecule has 2 fully saturated rings. The number of aryl methyl sites for hydroxylation is 1. The number of phenolic OH excluding ortho intramolecular Hbond substituents is 1. The molecule has 0 radical (unpaired) electrons. The van der Waals surface area contributed by atoms with E-state index in [2.05, 4.69) is 15.1 Å². The number of hydrogen-bond donors (Lipinski definition) is 1. The Morgan fingerprint density at radius 1 is 1.15 bits per heavy atom. The van der Waals surface area contributed by atoms with Crippen LogP contribution in [0.5, 0.6) is 5.75 Å². The van der Waals surface area contributed by atoms with Gasteiger partial charge in [0, 0.05) is 37.9 Å². The minimum absolute atomic E-state index is 0.0439. The molecule has 0 atom stereocenters. The molecule has 0 spiro atoms. The molecule has 0 aliphatic carbocycles. The number of ether oxygens (including phenoxy) is 1. The quantitative estimate of drug-likeness (QED) is 0.637. The molecule has 0 saturated carbocycles. The number of rotatable bonds is 3. The van der Waals surface area contributed by atoms with Crippen LogP contribution in [-0.4, -0.2) is 74.9 Å². The third-order valence-corrected chi connectivity index (χ3v) is 5.96. The van der Waals surface area contributed by atoms with E-state index in [4.69, 9.17) is 4.74 Å². The fourth-order valence-electron chi connectivity index (χ4n) is 4.07. The van der Waals surface area contributed by atoms with Crippen LogP contribution in [-0.2, 0) is 15.7 Å². The van der Waals surface area contributed by atoms with Crippen molar-refractivity contribution in [2.45, 2.75) is 13.1 Å². The van der Waals surface area contributed by atoms with Gasteiger partial charge in [0.15, 0.2) is 0 Å². The Hall–Kier alpha value is -3.41. The number of benzene rings is 1. The summed E-state index contributed by atoms with van der Waals surface area (Å²) in [7, 11) is 0. The van der Waals surface area contributed by atoms with Crippen LogP contribution in [0, 0.1) is 12.8 Å². The molecule has 33 heavy (non-hydrogen) atoms. The third-order valence-electron chi connectivity index (χ3n) is 5.96.